The van der Waals surface area contributed by atoms with Crippen molar-refractivity contribution in [3.8, 4) is 11.5 Å². The predicted octanol–water partition coefficient (Wildman–Crippen LogP) is 7.18. The fraction of sp³-hybridized carbons (Fsp3) is 0.385. The lowest BCUT2D eigenvalue weighted by atomic mass is 9.97. The van der Waals surface area contributed by atoms with E-state index >= 15 is 0 Å². The molecule has 0 amide bonds. The smallest absolute Gasteiger partial charge is 0.431 e. The Labute approximate surface area is 188 Å². The highest BCUT2D eigenvalue weighted by atomic mass is 16.7. The van der Waals surface area contributed by atoms with Crippen LogP contribution in [-0.4, -0.2) is 24.5 Å². The molecule has 0 fully saturated rings. The number of carbonyl (C=O) groups is 2. The second-order valence-electron chi connectivity index (χ2n) is 8.22. The third-order valence-corrected chi connectivity index (χ3v) is 4.84. The van der Waals surface area contributed by atoms with Gasteiger partial charge in [-0.3, -0.25) is 0 Å². The van der Waals surface area contributed by atoms with E-state index in [4.69, 9.17) is 18.9 Å². The van der Waals surface area contributed by atoms with Crippen LogP contribution in [0, 0.1) is 0 Å². The summed E-state index contributed by atoms with van der Waals surface area (Å²) in [4.78, 5) is 24.8. The number of hydrogen-bond donors (Lipinski definition) is 0. The molecule has 3 aromatic carbocycles. The number of benzene rings is 3. The minimum Gasteiger partial charge on any atom is -0.431 e. The molecule has 0 heterocycles. The maximum absolute atomic E-state index is 12.4. The van der Waals surface area contributed by atoms with E-state index in [-0.39, 0.29) is 12.2 Å². The maximum Gasteiger partial charge on any atom is 0.514 e. The molecule has 0 saturated heterocycles. The van der Waals surface area contributed by atoms with Crippen LogP contribution in [-0.2, 0) is 15.9 Å². The third-order valence-electron chi connectivity index (χ3n) is 4.84. The van der Waals surface area contributed by atoms with E-state index in [0.717, 1.165) is 24.8 Å². The van der Waals surface area contributed by atoms with Gasteiger partial charge in [0.1, 0.15) is 11.5 Å². The largest absolute Gasteiger partial charge is 0.514 e. The summed E-state index contributed by atoms with van der Waals surface area (Å²) in [6, 6.07) is 13.2. The van der Waals surface area contributed by atoms with Crippen molar-refractivity contribution in [2.24, 2.45) is 0 Å². The summed E-state index contributed by atoms with van der Waals surface area (Å²) in [5.41, 5.74) is 1.10. The average molecular weight is 439 g/mol. The van der Waals surface area contributed by atoms with Gasteiger partial charge in [0.2, 0.25) is 0 Å². The van der Waals surface area contributed by atoms with E-state index in [2.05, 4.69) is 6.92 Å². The first-order chi connectivity index (χ1) is 15.3. The molecule has 0 aliphatic carbocycles. The Morgan fingerprint density at radius 3 is 1.75 bits per heavy atom. The van der Waals surface area contributed by atoms with Crippen molar-refractivity contribution < 1.29 is 28.5 Å². The van der Waals surface area contributed by atoms with Gasteiger partial charge < -0.3 is 18.9 Å². The molecular weight excluding hydrogens is 408 g/mol. The van der Waals surface area contributed by atoms with Crippen LogP contribution in [0.3, 0.4) is 0 Å². The van der Waals surface area contributed by atoms with Crippen LogP contribution >= 0.6 is 0 Å². The summed E-state index contributed by atoms with van der Waals surface area (Å²) < 4.78 is 21.8. The summed E-state index contributed by atoms with van der Waals surface area (Å²) in [7, 11) is 0. The Kier molecular flexibility index (Phi) is 7.57. The van der Waals surface area contributed by atoms with Crippen LogP contribution in [0.1, 0.15) is 53.0 Å². The molecule has 0 unspecified atom stereocenters. The van der Waals surface area contributed by atoms with Gasteiger partial charge in [-0.15, -0.1) is 0 Å². The molecule has 6 nitrogen and oxygen atoms in total. The fourth-order valence-corrected chi connectivity index (χ4v) is 3.50. The van der Waals surface area contributed by atoms with Crippen molar-refractivity contribution in [3.05, 3.63) is 48.0 Å². The Hall–Kier alpha value is -3.28. The molecule has 0 bridgehead atoms. The lowest BCUT2D eigenvalue weighted by molar-refractivity contribution is 0.0719. The molecule has 32 heavy (non-hydrogen) atoms. The van der Waals surface area contributed by atoms with Gasteiger partial charge in [0, 0.05) is 21.5 Å². The lowest BCUT2D eigenvalue weighted by Gasteiger charge is -2.18. The number of carbonyl (C=O) groups excluding carboxylic acids is 2. The van der Waals surface area contributed by atoms with Crippen LogP contribution < -0.4 is 9.47 Å². The first-order valence-corrected chi connectivity index (χ1v) is 11.0. The first-order valence-electron chi connectivity index (χ1n) is 11.0. The first kappa shape index (κ1) is 23.4. The zero-order valence-corrected chi connectivity index (χ0v) is 19.3. The van der Waals surface area contributed by atoms with Crippen molar-refractivity contribution in [2.75, 3.05) is 0 Å². The standard InChI is InChI=1S/C26H30O6/c1-6-7-10-18-13-14-21-22(15-18)24(32-26(28)30-17(4)5)20-12-9-8-11-19(20)23(21)31-25(27)29-16(2)3/h8-9,11-17H,6-7,10H2,1-5H3. The second-order valence-corrected chi connectivity index (χ2v) is 8.22. The summed E-state index contributed by atoms with van der Waals surface area (Å²) in [6.07, 6.45) is 0.806. The zero-order valence-electron chi connectivity index (χ0n) is 19.3. The van der Waals surface area contributed by atoms with Gasteiger partial charge in [-0.25, -0.2) is 9.59 Å². The van der Waals surface area contributed by atoms with Gasteiger partial charge in [-0.2, -0.15) is 0 Å². The monoisotopic (exact) mass is 438 g/mol. The summed E-state index contributed by atoms with van der Waals surface area (Å²) in [5, 5.41) is 2.59. The van der Waals surface area contributed by atoms with E-state index in [1.54, 1.807) is 27.7 Å². The zero-order chi connectivity index (χ0) is 23.3. The Balaban J connectivity index is 2.23. The minimum atomic E-state index is -0.783. The summed E-state index contributed by atoms with van der Waals surface area (Å²) in [6.45, 7) is 9.18. The molecule has 0 N–H and O–H groups in total. The van der Waals surface area contributed by atoms with Gasteiger partial charge in [-0.1, -0.05) is 49.7 Å². The SMILES string of the molecule is CCCCc1ccc2c(OC(=O)OC(C)C)c3ccccc3c(OC(=O)OC(C)C)c2c1. The number of ether oxygens (including phenoxy) is 4. The number of unbranched alkanes of at least 4 members (excludes halogenated alkanes) is 1. The van der Waals surface area contributed by atoms with Gasteiger partial charge in [0.25, 0.3) is 0 Å². The lowest BCUT2D eigenvalue weighted by Crippen LogP contribution is -2.17. The van der Waals surface area contributed by atoms with Crippen molar-refractivity contribution in [2.45, 2.75) is 66.1 Å². The van der Waals surface area contributed by atoms with Gasteiger partial charge in [0.05, 0.1) is 12.2 Å². The minimum absolute atomic E-state index is 0.311. The van der Waals surface area contributed by atoms with Crippen LogP contribution in [0.25, 0.3) is 21.5 Å². The number of hydrogen-bond acceptors (Lipinski definition) is 6. The topological polar surface area (TPSA) is 71.1 Å². The average Bonchev–Trinajstić information content (AvgIpc) is 2.73. The normalized spacial score (nSPS) is 11.2. The number of fused-ring (bicyclic) bond motifs is 2. The molecule has 0 aromatic heterocycles. The van der Waals surface area contributed by atoms with Crippen LogP contribution in [0.5, 0.6) is 11.5 Å². The van der Waals surface area contributed by atoms with Crippen LogP contribution in [0.2, 0.25) is 0 Å². The van der Waals surface area contributed by atoms with Crippen LogP contribution in [0.4, 0.5) is 9.59 Å². The molecule has 0 aliphatic heterocycles. The molecule has 3 aromatic rings. The molecule has 0 radical (unpaired) electrons. The molecule has 3 rings (SSSR count). The van der Waals surface area contributed by atoms with Crippen molar-refractivity contribution in [1.82, 2.24) is 0 Å². The van der Waals surface area contributed by atoms with E-state index in [0.29, 0.717) is 33.0 Å². The van der Waals surface area contributed by atoms with Gasteiger partial charge in [0.15, 0.2) is 0 Å². The predicted molar refractivity (Wildman–Crippen MR) is 125 cm³/mol. The third kappa shape index (κ3) is 5.49. The molecule has 170 valence electrons. The van der Waals surface area contributed by atoms with Crippen molar-refractivity contribution >= 4 is 33.9 Å². The second kappa shape index (κ2) is 10.4. The summed E-state index contributed by atoms with van der Waals surface area (Å²) >= 11 is 0. The quantitative estimate of drug-likeness (QED) is 0.221. The maximum atomic E-state index is 12.4. The molecule has 0 atom stereocenters. The summed E-state index contributed by atoms with van der Waals surface area (Å²) in [5.74, 6) is 0.747. The van der Waals surface area contributed by atoms with E-state index < -0.39 is 12.3 Å². The van der Waals surface area contributed by atoms with Crippen molar-refractivity contribution in [3.63, 3.8) is 0 Å². The van der Waals surface area contributed by atoms with E-state index in [1.807, 2.05) is 42.5 Å². The Morgan fingerprint density at radius 1 is 0.750 bits per heavy atom. The highest BCUT2D eigenvalue weighted by molar-refractivity contribution is 6.12. The van der Waals surface area contributed by atoms with Crippen molar-refractivity contribution in [1.29, 1.82) is 0 Å². The highest BCUT2D eigenvalue weighted by Crippen LogP contribution is 2.43. The van der Waals surface area contributed by atoms with Gasteiger partial charge >= 0.3 is 12.3 Å². The van der Waals surface area contributed by atoms with Crippen LogP contribution in [0.15, 0.2) is 42.5 Å². The van der Waals surface area contributed by atoms with E-state index in [9.17, 15) is 9.59 Å². The molecular formula is C26H30O6. The Bertz CT molecular complexity index is 1120. The molecule has 6 heteroatoms. The number of aryl methyl sites for hydroxylation is 1. The highest BCUT2D eigenvalue weighted by Gasteiger charge is 2.22. The fourth-order valence-electron chi connectivity index (χ4n) is 3.50. The molecule has 0 saturated carbocycles. The molecule has 0 spiro atoms. The van der Waals surface area contributed by atoms with E-state index in [1.165, 1.54) is 0 Å². The molecule has 0 aliphatic rings. The number of rotatable bonds is 7. The Morgan fingerprint density at radius 2 is 1.25 bits per heavy atom. The van der Waals surface area contributed by atoms with Gasteiger partial charge in [-0.05, 0) is 52.2 Å².